The van der Waals surface area contributed by atoms with Gasteiger partial charge in [-0.3, -0.25) is 14.4 Å². The summed E-state index contributed by atoms with van der Waals surface area (Å²) in [6, 6.07) is 17.7. The summed E-state index contributed by atoms with van der Waals surface area (Å²) in [4.78, 5) is 31.5. The Labute approximate surface area is 129 Å². The first-order valence-corrected chi connectivity index (χ1v) is 6.77. The molecule has 1 N–H and O–H groups in total. The number of hydrogen-bond donors (Lipinski definition) is 1. The quantitative estimate of drug-likeness (QED) is 0.696. The molecule has 22 heavy (non-hydrogen) atoms. The number of aliphatic hydroxyl groups is 1. The third kappa shape index (κ3) is 5.42. The van der Waals surface area contributed by atoms with Gasteiger partial charge in [-0.15, -0.1) is 0 Å². The first kappa shape index (κ1) is 17.5. The molecule has 0 aliphatic carbocycles. The lowest BCUT2D eigenvalue weighted by Gasteiger charge is -2.09. The van der Waals surface area contributed by atoms with Crippen LogP contribution < -0.4 is 0 Å². The molecule has 2 aromatic rings. The minimum absolute atomic E-state index is 0.271. The number of hydrogen-bond acceptors (Lipinski definition) is 4. The molecule has 114 valence electrons. The Hall–Kier alpha value is -2.59. The molecule has 0 aromatic heterocycles. The summed E-state index contributed by atoms with van der Waals surface area (Å²) in [7, 11) is 0. The summed E-state index contributed by atoms with van der Waals surface area (Å²) < 4.78 is 0. The van der Waals surface area contributed by atoms with Crippen molar-refractivity contribution in [3.05, 3.63) is 71.8 Å². The molecule has 0 aliphatic rings. The van der Waals surface area contributed by atoms with Crippen molar-refractivity contribution in [1.29, 1.82) is 0 Å². The summed E-state index contributed by atoms with van der Waals surface area (Å²) >= 11 is 0. The monoisotopic (exact) mass is 298 g/mol. The molecule has 2 rings (SSSR count). The predicted octanol–water partition coefficient (Wildman–Crippen LogP) is 2.77. The van der Waals surface area contributed by atoms with Crippen molar-refractivity contribution in [2.45, 2.75) is 20.0 Å². The number of rotatable bonds is 4. The number of ketones is 3. The van der Waals surface area contributed by atoms with E-state index in [9.17, 15) is 19.5 Å². The average molecular weight is 298 g/mol. The Balaban J connectivity index is 0.000000346. The maximum Gasteiger partial charge on any atom is 0.195 e. The van der Waals surface area contributed by atoms with E-state index in [1.165, 1.54) is 13.8 Å². The molecule has 0 aliphatic heterocycles. The van der Waals surface area contributed by atoms with Gasteiger partial charge in [-0.1, -0.05) is 60.7 Å². The van der Waals surface area contributed by atoms with E-state index in [-0.39, 0.29) is 17.3 Å². The topological polar surface area (TPSA) is 71.4 Å². The van der Waals surface area contributed by atoms with Gasteiger partial charge in [-0.25, -0.2) is 0 Å². The molecule has 4 nitrogen and oxygen atoms in total. The first-order valence-electron chi connectivity index (χ1n) is 6.77. The van der Waals surface area contributed by atoms with Gasteiger partial charge in [-0.2, -0.15) is 0 Å². The highest BCUT2D eigenvalue weighted by Gasteiger charge is 2.18. The molecule has 1 unspecified atom stereocenters. The van der Waals surface area contributed by atoms with Gasteiger partial charge in [-0.05, 0) is 5.56 Å². The van der Waals surface area contributed by atoms with Crippen LogP contribution in [0.4, 0.5) is 0 Å². The predicted molar refractivity (Wildman–Crippen MR) is 83.5 cm³/mol. The van der Waals surface area contributed by atoms with E-state index >= 15 is 0 Å². The molecule has 0 saturated carbocycles. The van der Waals surface area contributed by atoms with Gasteiger partial charge < -0.3 is 5.11 Å². The van der Waals surface area contributed by atoms with Crippen molar-refractivity contribution >= 4 is 17.3 Å². The second-order valence-electron chi connectivity index (χ2n) is 4.66. The standard InChI is InChI=1S/C14H12O2.C4H6O2/c15-13(11-7-3-1-4-8-11)14(16)12-9-5-2-6-10-12;1-3(5)4(2)6/h1-10,13,15H;1-2H3. The molecule has 0 bridgehead atoms. The fraction of sp³-hybridized carbons (Fsp3) is 0.167. The fourth-order valence-electron chi connectivity index (χ4n) is 1.55. The SMILES string of the molecule is CC(=O)C(C)=O.O=C(c1ccccc1)C(O)c1ccccc1. The Bertz CT molecular complexity index is 621. The van der Waals surface area contributed by atoms with Gasteiger partial charge in [0.1, 0.15) is 6.10 Å². The number of aliphatic hydroxyl groups excluding tert-OH is 1. The van der Waals surface area contributed by atoms with Crippen molar-refractivity contribution in [1.82, 2.24) is 0 Å². The average Bonchev–Trinajstić information content (AvgIpc) is 2.55. The van der Waals surface area contributed by atoms with E-state index < -0.39 is 6.10 Å². The number of carbonyl (C=O) groups is 3. The van der Waals surface area contributed by atoms with E-state index in [1.54, 1.807) is 48.5 Å². The molecule has 0 saturated heterocycles. The highest BCUT2D eigenvalue weighted by atomic mass is 16.3. The summed E-state index contributed by atoms with van der Waals surface area (Å²) in [5.74, 6) is -1.03. The second kappa shape index (κ2) is 8.64. The van der Waals surface area contributed by atoms with Crippen LogP contribution in [0.1, 0.15) is 35.9 Å². The number of benzene rings is 2. The zero-order valence-corrected chi connectivity index (χ0v) is 12.5. The van der Waals surface area contributed by atoms with E-state index in [4.69, 9.17) is 0 Å². The maximum absolute atomic E-state index is 11.9. The summed E-state index contributed by atoms with van der Waals surface area (Å²) in [6.07, 6.45) is -1.08. The Morgan fingerprint density at radius 2 is 1.18 bits per heavy atom. The van der Waals surface area contributed by atoms with Crippen LogP contribution in [0.2, 0.25) is 0 Å². The lowest BCUT2D eigenvalue weighted by atomic mass is 10.0. The van der Waals surface area contributed by atoms with Crippen LogP contribution in [-0.4, -0.2) is 22.5 Å². The second-order valence-corrected chi connectivity index (χ2v) is 4.66. The lowest BCUT2D eigenvalue weighted by Crippen LogP contribution is -2.11. The van der Waals surface area contributed by atoms with Gasteiger partial charge in [0.2, 0.25) is 0 Å². The van der Waals surface area contributed by atoms with E-state index in [2.05, 4.69) is 0 Å². The number of Topliss-reactive ketones (excluding diaryl/α,β-unsaturated/α-hetero) is 3. The lowest BCUT2D eigenvalue weighted by molar-refractivity contribution is -0.134. The van der Waals surface area contributed by atoms with Crippen molar-refractivity contribution < 1.29 is 19.5 Å². The Kier molecular flexibility index (Phi) is 6.86. The molecule has 4 heteroatoms. The van der Waals surface area contributed by atoms with Gasteiger partial charge in [0, 0.05) is 19.4 Å². The smallest absolute Gasteiger partial charge is 0.195 e. The molecule has 2 aromatic carbocycles. The minimum atomic E-state index is -1.08. The maximum atomic E-state index is 11.9. The number of carbonyl (C=O) groups excluding carboxylic acids is 3. The van der Waals surface area contributed by atoms with Gasteiger partial charge in [0.25, 0.3) is 0 Å². The van der Waals surface area contributed by atoms with Gasteiger partial charge in [0.15, 0.2) is 17.3 Å². The van der Waals surface area contributed by atoms with E-state index in [0.29, 0.717) is 11.1 Å². The van der Waals surface area contributed by atoms with Crippen molar-refractivity contribution in [2.75, 3.05) is 0 Å². The van der Waals surface area contributed by atoms with Crippen LogP contribution in [0.15, 0.2) is 60.7 Å². The van der Waals surface area contributed by atoms with E-state index in [1.807, 2.05) is 12.1 Å². The third-order valence-corrected chi connectivity index (χ3v) is 2.92. The van der Waals surface area contributed by atoms with Crippen LogP contribution in [0.5, 0.6) is 0 Å². The van der Waals surface area contributed by atoms with Crippen LogP contribution in [0.3, 0.4) is 0 Å². The highest BCUT2D eigenvalue weighted by Crippen LogP contribution is 2.17. The van der Waals surface area contributed by atoms with Crippen LogP contribution in [-0.2, 0) is 9.59 Å². The highest BCUT2D eigenvalue weighted by molar-refractivity contribution is 6.35. The largest absolute Gasteiger partial charge is 0.380 e. The zero-order chi connectivity index (χ0) is 16.5. The van der Waals surface area contributed by atoms with Crippen molar-refractivity contribution in [3.63, 3.8) is 0 Å². The molecular weight excluding hydrogens is 280 g/mol. The normalized spacial score (nSPS) is 10.9. The molecule has 0 spiro atoms. The fourth-order valence-corrected chi connectivity index (χ4v) is 1.55. The Morgan fingerprint density at radius 3 is 1.59 bits per heavy atom. The van der Waals surface area contributed by atoms with Crippen molar-refractivity contribution in [3.8, 4) is 0 Å². The molecule has 0 amide bonds. The van der Waals surface area contributed by atoms with Crippen LogP contribution >= 0.6 is 0 Å². The Morgan fingerprint density at radius 1 is 0.773 bits per heavy atom. The van der Waals surface area contributed by atoms with Gasteiger partial charge in [0.05, 0.1) is 0 Å². The molecule has 0 heterocycles. The van der Waals surface area contributed by atoms with Gasteiger partial charge >= 0.3 is 0 Å². The summed E-state index contributed by atoms with van der Waals surface area (Å²) in [6.45, 7) is 2.50. The van der Waals surface area contributed by atoms with Crippen LogP contribution in [0, 0.1) is 0 Å². The molecular formula is C18H18O4. The van der Waals surface area contributed by atoms with Crippen molar-refractivity contribution in [2.24, 2.45) is 0 Å². The van der Waals surface area contributed by atoms with Crippen LogP contribution in [0.25, 0.3) is 0 Å². The first-order chi connectivity index (χ1) is 10.4. The summed E-state index contributed by atoms with van der Waals surface area (Å²) in [5, 5.41) is 9.89. The molecule has 0 radical (unpaired) electrons. The van der Waals surface area contributed by atoms with E-state index in [0.717, 1.165) is 0 Å². The minimum Gasteiger partial charge on any atom is -0.380 e. The zero-order valence-electron chi connectivity index (χ0n) is 12.5. The molecule has 1 atom stereocenters. The summed E-state index contributed by atoms with van der Waals surface area (Å²) in [5.41, 5.74) is 1.15. The third-order valence-electron chi connectivity index (χ3n) is 2.92. The molecule has 0 fully saturated rings.